The Bertz CT molecular complexity index is 2360. The van der Waals surface area contributed by atoms with E-state index in [0.717, 1.165) is 99.6 Å². The van der Waals surface area contributed by atoms with E-state index >= 15 is 0 Å². The van der Waals surface area contributed by atoms with Crippen molar-refractivity contribution in [1.82, 2.24) is 39.7 Å². The maximum Gasteiger partial charge on any atom is 0.0968 e. The predicted octanol–water partition coefficient (Wildman–Crippen LogP) is 8.01. The number of hydrogen-bond acceptors (Lipinski definition) is 8. The van der Waals surface area contributed by atoms with E-state index in [-0.39, 0.29) is 0 Å². The van der Waals surface area contributed by atoms with Gasteiger partial charge in [-0.15, -0.1) is 0 Å². The average Bonchev–Trinajstić information content (AvgIpc) is 3.14. The minimum absolute atomic E-state index is 0.620. The summed E-state index contributed by atoms with van der Waals surface area (Å²) < 4.78 is 0. The summed E-state index contributed by atoms with van der Waals surface area (Å²) in [7, 11) is 0. The van der Waals surface area contributed by atoms with Crippen molar-refractivity contribution < 1.29 is 0 Å². The number of rotatable bonds is 0. The van der Waals surface area contributed by atoms with E-state index < -0.39 is 0 Å². The molecule has 0 spiro atoms. The molecular weight excluding hydrogens is 617 g/mol. The summed E-state index contributed by atoms with van der Waals surface area (Å²) in [6.07, 6.45) is 0. The van der Waals surface area contributed by atoms with Crippen LogP contribution in [0.5, 0.6) is 0 Å². The third kappa shape index (κ3) is 4.68. The first-order chi connectivity index (χ1) is 24.6. The molecule has 3 aliphatic rings. The number of hydrogen-bond donors (Lipinski definition) is 0. The highest BCUT2D eigenvalue weighted by atomic mass is 15.2. The topological polar surface area (TPSA) is 83.8 Å². The summed E-state index contributed by atoms with van der Waals surface area (Å²) in [5.41, 5.74) is 11.5. The lowest BCUT2D eigenvalue weighted by Crippen LogP contribution is -2.25. The lowest BCUT2D eigenvalue weighted by molar-refractivity contribution is 0.239. The molecule has 0 radical (unpaired) electrons. The highest BCUT2D eigenvalue weighted by molar-refractivity contribution is 6.04. The van der Waals surface area contributed by atoms with Crippen LogP contribution in [0.1, 0.15) is 34.2 Å². The van der Waals surface area contributed by atoms with E-state index in [9.17, 15) is 0 Å². The largest absolute Gasteiger partial charge is 0.286 e. The summed E-state index contributed by atoms with van der Waals surface area (Å²) in [4.78, 5) is 36.5. The third-order valence-corrected chi connectivity index (χ3v) is 10.2. The molecule has 50 heavy (non-hydrogen) atoms. The Morgan fingerprint density at radius 2 is 0.400 bits per heavy atom. The molecule has 0 N–H and O–H groups in total. The molecule has 238 valence electrons. The van der Waals surface area contributed by atoms with Crippen molar-refractivity contribution in [3.8, 4) is 0 Å². The van der Waals surface area contributed by atoms with Crippen LogP contribution in [-0.4, -0.2) is 39.7 Å². The van der Waals surface area contributed by atoms with Crippen molar-refractivity contribution in [2.24, 2.45) is 0 Å². The molecule has 9 heterocycles. The normalized spacial score (nSPS) is 17.5. The molecule has 0 unspecified atom stereocenters. The smallest absolute Gasteiger partial charge is 0.0968 e. The van der Waals surface area contributed by atoms with Crippen LogP contribution in [0.2, 0.25) is 0 Å². The first-order valence-electron chi connectivity index (χ1n) is 17.1. The molecule has 6 aromatic heterocycles. The first-order valence-corrected chi connectivity index (χ1v) is 17.1. The van der Waals surface area contributed by atoms with Crippen molar-refractivity contribution in [3.05, 3.63) is 143 Å². The van der Waals surface area contributed by atoms with Crippen LogP contribution < -0.4 is 0 Å². The van der Waals surface area contributed by atoms with Gasteiger partial charge >= 0.3 is 0 Å². The van der Waals surface area contributed by atoms with Gasteiger partial charge in [0.1, 0.15) is 0 Å². The second-order valence-corrected chi connectivity index (χ2v) is 13.7. The summed E-state index contributed by atoms with van der Waals surface area (Å²) in [6.45, 7) is 3.72. The Kier molecular flexibility index (Phi) is 6.02. The van der Waals surface area contributed by atoms with Crippen molar-refractivity contribution >= 4 is 65.4 Å². The van der Waals surface area contributed by atoms with Gasteiger partial charge in [-0.1, -0.05) is 72.8 Å². The van der Waals surface area contributed by atoms with Gasteiger partial charge in [0, 0.05) is 71.6 Å². The Balaban J connectivity index is 1.21. The molecular formula is C42H30N8. The van der Waals surface area contributed by atoms with Crippen LogP contribution in [0.4, 0.5) is 0 Å². The Morgan fingerprint density at radius 1 is 0.240 bits per heavy atom. The number of nitrogens with zero attached hydrogens (tertiary/aromatic N) is 8. The van der Waals surface area contributed by atoms with Crippen LogP contribution in [0.15, 0.2) is 109 Å². The van der Waals surface area contributed by atoms with Gasteiger partial charge in [0.25, 0.3) is 0 Å². The van der Waals surface area contributed by atoms with E-state index in [1.54, 1.807) is 0 Å². The van der Waals surface area contributed by atoms with Gasteiger partial charge in [0.05, 0.1) is 67.3 Å². The van der Waals surface area contributed by atoms with E-state index in [2.05, 4.69) is 119 Å². The minimum Gasteiger partial charge on any atom is -0.286 e. The molecule has 0 amide bonds. The molecule has 0 fully saturated rings. The van der Waals surface area contributed by atoms with E-state index in [4.69, 9.17) is 29.9 Å². The zero-order valence-corrected chi connectivity index (χ0v) is 27.2. The van der Waals surface area contributed by atoms with Crippen LogP contribution in [0.3, 0.4) is 0 Å². The highest BCUT2D eigenvalue weighted by Crippen LogP contribution is 2.29. The predicted molar refractivity (Wildman–Crippen MR) is 197 cm³/mol. The summed E-state index contributed by atoms with van der Waals surface area (Å²) >= 11 is 0. The average molecular weight is 647 g/mol. The van der Waals surface area contributed by atoms with Gasteiger partial charge in [-0.3, -0.25) is 9.80 Å². The third-order valence-electron chi connectivity index (χ3n) is 10.2. The van der Waals surface area contributed by atoms with Gasteiger partial charge in [-0.05, 0) is 36.4 Å². The number of pyridine rings is 6. The van der Waals surface area contributed by atoms with Gasteiger partial charge in [0.2, 0.25) is 0 Å². The number of benzene rings is 3. The molecule has 12 rings (SSSR count). The second kappa shape index (κ2) is 10.8. The molecule has 8 nitrogen and oxygen atoms in total. The Morgan fingerprint density at radius 3 is 0.580 bits per heavy atom. The van der Waals surface area contributed by atoms with E-state index in [1.807, 2.05) is 0 Å². The first kappa shape index (κ1) is 27.9. The molecule has 9 aromatic rings. The van der Waals surface area contributed by atoms with Gasteiger partial charge < -0.3 is 0 Å². The lowest BCUT2D eigenvalue weighted by Gasteiger charge is -2.24. The molecule has 8 heteroatoms. The summed E-state index contributed by atoms with van der Waals surface area (Å²) in [6, 6.07) is 38.8. The molecule has 3 aliphatic heterocycles. The molecule has 0 atom stereocenters. The fourth-order valence-corrected chi connectivity index (χ4v) is 7.78. The highest BCUT2D eigenvalue weighted by Gasteiger charge is 2.19. The summed E-state index contributed by atoms with van der Waals surface area (Å²) in [5, 5.41) is 6.50. The maximum atomic E-state index is 5.29. The van der Waals surface area contributed by atoms with Crippen molar-refractivity contribution in [3.63, 3.8) is 0 Å². The SMILES string of the molecule is c1cc2ccc3ccc4nc3c2nc1CN1Cc2ccc3ccc5ccc(nc5c3n2)CN(C4)Cc2ccc3ccc4ccc(nc4c3n2)C1. The van der Waals surface area contributed by atoms with Gasteiger partial charge in [-0.2, -0.15) is 0 Å². The maximum absolute atomic E-state index is 5.29. The molecule has 0 aliphatic carbocycles. The van der Waals surface area contributed by atoms with Crippen LogP contribution >= 0.6 is 0 Å². The van der Waals surface area contributed by atoms with Crippen LogP contribution in [0, 0.1) is 0 Å². The quantitative estimate of drug-likeness (QED) is 0.153. The van der Waals surface area contributed by atoms with Crippen molar-refractivity contribution in [2.45, 2.75) is 39.3 Å². The Hall–Kier alpha value is -5.96. The standard InChI is InChI=1S/C42H30N8/c1-2-26-8-14-32-20-50-23-35-17-11-29-5-3-27-9-15-33(45-39(27)41(29)47-35)21-49(19-31-13-7-25(1)37(43-31)38(26)44-32)22-34-16-10-28-4-6-30-12-18-36(24-50)48-42(30)40(28)46-34/h1-18H,19-24H2. The molecule has 3 aromatic carbocycles. The van der Waals surface area contributed by atoms with Crippen LogP contribution in [-0.2, 0) is 39.3 Å². The van der Waals surface area contributed by atoms with Crippen LogP contribution in [0.25, 0.3) is 65.4 Å². The molecule has 14 bridgehead atoms. The van der Waals surface area contributed by atoms with E-state index in [0.29, 0.717) is 39.3 Å². The second-order valence-electron chi connectivity index (χ2n) is 13.7. The lowest BCUT2D eigenvalue weighted by atomic mass is 10.1. The number of aromatic nitrogens is 6. The zero-order valence-electron chi connectivity index (χ0n) is 27.2. The van der Waals surface area contributed by atoms with Crippen molar-refractivity contribution in [1.29, 1.82) is 0 Å². The fraction of sp³-hybridized carbons (Fsp3) is 0.143. The molecule has 0 saturated carbocycles. The summed E-state index contributed by atoms with van der Waals surface area (Å²) in [5.74, 6) is 0. The minimum atomic E-state index is 0.620. The fourth-order valence-electron chi connectivity index (χ4n) is 7.78. The van der Waals surface area contributed by atoms with Crippen molar-refractivity contribution in [2.75, 3.05) is 0 Å². The van der Waals surface area contributed by atoms with E-state index in [1.165, 1.54) is 0 Å². The zero-order chi connectivity index (χ0) is 32.8. The molecule has 0 saturated heterocycles. The van der Waals surface area contributed by atoms with Gasteiger partial charge in [-0.25, -0.2) is 29.9 Å². The van der Waals surface area contributed by atoms with Gasteiger partial charge in [0.15, 0.2) is 0 Å². The monoisotopic (exact) mass is 646 g/mol. The Labute approximate surface area is 287 Å².